The second-order valence-corrected chi connectivity index (χ2v) is 6.00. The second-order valence-electron chi connectivity index (χ2n) is 6.00. The van der Waals surface area contributed by atoms with Gasteiger partial charge in [0.15, 0.2) is 0 Å². The van der Waals surface area contributed by atoms with Crippen LogP contribution in [0.15, 0.2) is 54.6 Å². The highest BCUT2D eigenvalue weighted by molar-refractivity contribution is 5.92. The molecule has 1 amide bonds. The zero-order valence-electron chi connectivity index (χ0n) is 16.3. The maximum Gasteiger partial charge on any atom is 0.337 e. The Kier molecular flexibility index (Phi) is 8.44. The number of methoxy groups -OCH3 is 2. The first kappa shape index (κ1) is 21.7. The molecule has 0 aromatic heterocycles. The van der Waals surface area contributed by atoms with Crippen molar-refractivity contribution in [1.82, 2.24) is 5.32 Å². The molecule has 0 unspecified atom stereocenters. The van der Waals surface area contributed by atoms with E-state index in [0.29, 0.717) is 5.56 Å². The summed E-state index contributed by atoms with van der Waals surface area (Å²) in [6.45, 7) is 0.261. The molecule has 0 atom stereocenters. The summed E-state index contributed by atoms with van der Waals surface area (Å²) in [6.07, 6.45) is 3.13. The van der Waals surface area contributed by atoms with Crippen molar-refractivity contribution in [3.63, 3.8) is 0 Å². The summed E-state index contributed by atoms with van der Waals surface area (Å²) in [6, 6.07) is 13.8. The lowest BCUT2D eigenvalue weighted by molar-refractivity contribution is -0.144. The highest BCUT2D eigenvalue weighted by Gasteiger charge is 2.07. The second kappa shape index (κ2) is 11.3. The van der Waals surface area contributed by atoms with Crippen molar-refractivity contribution in [3.8, 4) is 5.75 Å². The number of hydrogen-bond acceptors (Lipinski definition) is 6. The number of ether oxygens (including phenoxy) is 3. The molecular weight excluding hydrogens is 374 g/mol. The largest absolute Gasteiger partial charge is 0.497 e. The molecule has 0 saturated heterocycles. The van der Waals surface area contributed by atoms with Gasteiger partial charge in [0.2, 0.25) is 5.91 Å². The monoisotopic (exact) mass is 397 g/mol. The first-order chi connectivity index (χ1) is 14.0. The van der Waals surface area contributed by atoms with Gasteiger partial charge in [-0.15, -0.1) is 0 Å². The van der Waals surface area contributed by atoms with Crippen molar-refractivity contribution in [2.24, 2.45) is 0 Å². The molecule has 0 radical (unpaired) electrons. The average Bonchev–Trinajstić information content (AvgIpc) is 2.76. The Balaban J connectivity index is 1.67. The number of benzene rings is 2. The summed E-state index contributed by atoms with van der Waals surface area (Å²) in [5.41, 5.74) is 2.03. The van der Waals surface area contributed by atoms with E-state index >= 15 is 0 Å². The molecular formula is C22H23NO6. The lowest BCUT2D eigenvalue weighted by Gasteiger charge is -2.06. The van der Waals surface area contributed by atoms with E-state index in [9.17, 15) is 14.4 Å². The Bertz CT molecular complexity index is 856. The smallest absolute Gasteiger partial charge is 0.337 e. The van der Waals surface area contributed by atoms with Crippen molar-refractivity contribution in [2.75, 3.05) is 20.8 Å². The van der Waals surface area contributed by atoms with Crippen LogP contribution in [0.5, 0.6) is 5.75 Å². The molecule has 0 spiro atoms. The lowest BCUT2D eigenvalue weighted by atomic mass is 10.1. The summed E-state index contributed by atoms with van der Waals surface area (Å²) < 4.78 is 14.8. The molecule has 0 bridgehead atoms. The molecule has 1 N–H and O–H groups in total. The van der Waals surface area contributed by atoms with Gasteiger partial charge in [-0.2, -0.15) is 0 Å². The molecule has 2 rings (SSSR count). The zero-order chi connectivity index (χ0) is 21.1. The molecule has 0 fully saturated rings. The molecule has 2 aromatic carbocycles. The van der Waals surface area contributed by atoms with Crippen LogP contribution in [-0.2, 0) is 25.7 Å². The number of esters is 2. The van der Waals surface area contributed by atoms with E-state index in [2.05, 4.69) is 10.1 Å². The Morgan fingerprint density at radius 2 is 1.66 bits per heavy atom. The molecule has 7 nitrogen and oxygen atoms in total. The van der Waals surface area contributed by atoms with Crippen LogP contribution in [0.1, 0.15) is 27.9 Å². The molecule has 7 heteroatoms. The fourth-order valence-corrected chi connectivity index (χ4v) is 2.32. The number of carbonyl (C=O) groups is 3. The number of nitrogens with one attached hydrogen (secondary N) is 1. The minimum absolute atomic E-state index is 0.0579. The van der Waals surface area contributed by atoms with Gasteiger partial charge in [0.05, 0.1) is 26.2 Å². The van der Waals surface area contributed by atoms with Crippen molar-refractivity contribution in [2.45, 2.75) is 13.0 Å². The van der Waals surface area contributed by atoms with Gasteiger partial charge in [-0.05, 0) is 41.5 Å². The number of rotatable bonds is 9. The van der Waals surface area contributed by atoms with Gasteiger partial charge in [-0.25, -0.2) is 4.79 Å². The van der Waals surface area contributed by atoms with Gasteiger partial charge in [0.25, 0.3) is 0 Å². The minimum Gasteiger partial charge on any atom is -0.497 e. The van der Waals surface area contributed by atoms with Crippen LogP contribution < -0.4 is 10.1 Å². The van der Waals surface area contributed by atoms with Crippen LogP contribution in [-0.4, -0.2) is 38.6 Å². The third kappa shape index (κ3) is 7.50. The van der Waals surface area contributed by atoms with E-state index in [-0.39, 0.29) is 25.5 Å². The predicted molar refractivity (Wildman–Crippen MR) is 107 cm³/mol. The Morgan fingerprint density at radius 3 is 2.28 bits per heavy atom. The standard InChI is InChI=1S/C22H23NO6/c1-27-19-10-5-16(6-11-19)7-12-20(24)23-14-13-21(25)29-15-17-3-8-18(9-4-17)22(26)28-2/h3-12H,13-15H2,1-2H3,(H,23,24)/b12-7+. The molecule has 0 aliphatic carbocycles. The topological polar surface area (TPSA) is 90.9 Å². The van der Waals surface area contributed by atoms with Crippen LogP contribution in [0.4, 0.5) is 0 Å². The van der Waals surface area contributed by atoms with Crippen molar-refractivity contribution >= 4 is 23.9 Å². The fourth-order valence-electron chi connectivity index (χ4n) is 2.32. The molecule has 0 aliphatic heterocycles. The lowest BCUT2D eigenvalue weighted by Crippen LogP contribution is -2.24. The van der Waals surface area contributed by atoms with Crippen LogP contribution in [0.2, 0.25) is 0 Å². The van der Waals surface area contributed by atoms with E-state index < -0.39 is 11.9 Å². The van der Waals surface area contributed by atoms with Gasteiger partial charge >= 0.3 is 11.9 Å². The minimum atomic E-state index is -0.429. The van der Waals surface area contributed by atoms with Crippen molar-refractivity contribution in [1.29, 1.82) is 0 Å². The quantitative estimate of drug-likeness (QED) is 0.517. The molecule has 29 heavy (non-hydrogen) atoms. The average molecular weight is 397 g/mol. The van der Waals surface area contributed by atoms with Crippen LogP contribution in [0, 0.1) is 0 Å². The third-order valence-corrected chi connectivity index (χ3v) is 3.95. The Hall–Kier alpha value is -3.61. The van der Waals surface area contributed by atoms with Crippen molar-refractivity contribution in [3.05, 3.63) is 71.3 Å². The van der Waals surface area contributed by atoms with Gasteiger partial charge < -0.3 is 19.5 Å². The third-order valence-electron chi connectivity index (χ3n) is 3.95. The summed E-state index contributed by atoms with van der Waals surface area (Å²) in [5.74, 6) is -0.414. The fraction of sp³-hybridized carbons (Fsp3) is 0.227. The summed E-state index contributed by atoms with van der Waals surface area (Å²) in [4.78, 5) is 34.9. The summed E-state index contributed by atoms with van der Waals surface area (Å²) >= 11 is 0. The first-order valence-electron chi connectivity index (χ1n) is 8.94. The number of carbonyl (C=O) groups excluding carboxylic acids is 3. The van der Waals surface area contributed by atoms with Gasteiger partial charge in [-0.3, -0.25) is 9.59 Å². The SMILES string of the molecule is COC(=O)c1ccc(COC(=O)CCNC(=O)/C=C/c2ccc(OC)cc2)cc1. The molecule has 152 valence electrons. The normalized spacial score (nSPS) is 10.4. The molecule has 0 heterocycles. The van der Waals surface area contributed by atoms with E-state index in [1.807, 2.05) is 12.1 Å². The first-order valence-corrected chi connectivity index (χ1v) is 8.94. The maximum absolute atomic E-state index is 11.8. The Labute approximate surface area is 169 Å². The van der Waals surface area contributed by atoms with E-state index in [1.165, 1.54) is 13.2 Å². The van der Waals surface area contributed by atoms with Crippen LogP contribution in [0.25, 0.3) is 6.08 Å². The van der Waals surface area contributed by atoms with E-state index in [0.717, 1.165) is 16.9 Å². The number of hydrogen-bond donors (Lipinski definition) is 1. The zero-order valence-corrected chi connectivity index (χ0v) is 16.3. The van der Waals surface area contributed by atoms with Gasteiger partial charge in [0, 0.05) is 12.6 Å². The van der Waals surface area contributed by atoms with Gasteiger partial charge in [0.1, 0.15) is 12.4 Å². The molecule has 2 aromatic rings. The predicted octanol–water partition coefficient (Wildman–Crippen LogP) is 2.74. The highest BCUT2D eigenvalue weighted by atomic mass is 16.5. The summed E-state index contributed by atoms with van der Waals surface area (Å²) in [7, 11) is 2.90. The van der Waals surface area contributed by atoms with E-state index in [1.54, 1.807) is 49.6 Å². The van der Waals surface area contributed by atoms with Crippen LogP contribution >= 0.6 is 0 Å². The highest BCUT2D eigenvalue weighted by Crippen LogP contribution is 2.12. The summed E-state index contributed by atoms with van der Waals surface area (Å²) in [5, 5.41) is 2.63. The van der Waals surface area contributed by atoms with Crippen LogP contribution in [0.3, 0.4) is 0 Å². The maximum atomic E-state index is 11.8. The molecule has 0 saturated carbocycles. The van der Waals surface area contributed by atoms with Crippen molar-refractivity contribution < 1.29 is 28.6 Å². The molecule has 0 aliphatic rings. The van der Waals surface area contributed by atoms with Gasteiger partial charge in [-0.1, -0.05) is 24.3 Å². The number of amides is 1. The van der Waals surface area contributed by atoms with E-state index in [4.69, 9.17) is 9.47 Å². The Morgan fingerprint density at radius 1 is 0.966 bits per heavy atom.